The zero-order valence-electron chi connectivity index (χ0n) is 6.54. The van der Waals surface area contributed by atoms with E-state index >= 15 is 0 Å². The van der Waals surface area contributed by atoms with Crippen LogP contribution in [0.15, 0.2) is 0 Å². The van der Waals surface area contributed by atoms with Crippen molar-refractivity contribution in [1.29, 1.82) is 0 Å². The van der Waals surface area contributed by atoms with Gasteiger partial charge in [0.05, 0.1) is 13.2 Å². The number of hydrogen-bond acceptors (Lipinski definition) is 3. The van der Waals surface area contributed by atoms with E-state index in [1.807, 2.05) is 18.9 Å². The molecule has 0 heterocycles. The molecule has 3 nitrogen and oxygen atoms in total. The molecule has 0 aromatic carbocycles. The van der Waals surface area contributed by atoms with Gasteiger partial charge in [0, 0.05) is 34.3 Å². The third-order valence-corrected chi connectivity index (χ3v) is 1.47. The molecule has 0 aromatic rings. The van der Waals surface area contributed by atoms with E-state index in [0.717, 1.165) is 0 Å². The van der Waals surface area contributed by atoms with Crippen molar-refractivity contribution in [3.63, 3.8) is 0 Å². The van der Waals surface area contributed by atoms with Crippen LogP contribution in [-0.4, -0.2) is 48.0 Å². The van der Waals surface area contributed by atoms with Crippen molar-refractivity contribution in [2.75, 3.05) is 26.8 Å². The minimum Gasteiger partial charge on any atom is -0.395 e. The Kier molecular flexibility index (Phi) is 10.2. The summed E-state index contributed by atoms with van der Waals surface area (Å²) < 4.78 is 0. The molecule has 1 unspecified atom stereocenters. The zero-order valence-corrected chi connectivity index (χ0v) is 8.10. The largest absolute Gasteiger partial charge is 0.395 e. The molecule has 0 fully saturated rings. The minimum absolute atomic E-state index is 0. The molecule has 0 aliphatic heterocycles. The average Bonchev–Trinajstić information content (AvgIpc) is 1.87. The molecular weight excluding hydrogens is 166 g/mol. The number of aliphatic hydroxyl groups is 2. The third kappa shape index (κ3) is 5.38. The van der Waals surface area contributed by atoms with E-state index in [0.29, 0.717) is 6.54 Å². The van der Waals surface area contributed by atoms with Crippen LogP contribution in [0.4, 0.5) is 0 Å². The van der Waals surface area contributed by atoms with Gasteiger partial charge in [-0.3, -0.25) is 4.90 Å². The molecule has 0 saturated heterocycles. The monoisotopic (exact) mass is 181 g/mol. The molecule has 0 radical (unpaired) electrons. The first-order valence-electron chi connectivity index (χ1n) is 3.14. The summed E-state index contributed by atoms with van der Waals surface area (Å²) in [5, 5.41) is 17.1. The van der Waals surface area contributed by atoms with Crippen molar-refractivity contribution in [1.82, 2.24) is 4.90 Å². The molecule has 0 amide bonds. The van der Waals surface area contributed by atoms with Crippen LogP contribution in [0.3, 0.4) is 0 Å². The fourth-order valence-corrected chi connectivity index (χ4v) is 0.518. The van der Waals surface area contributed by atoms with E-state index in [1.54, 1.807) is 0 Å². The van der Waals surface area contributed by atoms with E-state index in [2.05, 4.69) is 0 Å². The summed E-state index contributed by atoms with van der Waals surface area (Å²) in [4.78, 5) is 1.90. The van der Waals surface area contributed by atoms with Gasteiger partial charge >= 0.3 is 0 Å². The number of hydrogen-bond donors (Lipinski definition) is 2. The van der Waals surface area contributed by atoms with E-state index in [-0.39, 0.29) is 41.0 Å². The predicted octanol–water partition coefficient (Wildman–Crippen LogP) is -0.711. The molecule has 2 N–H and O–H groups in total. The van der Waals surface area contributed by atoms with Crippen molar-refractivity contribution < 1.29 is 31.9 Å². The molecule has 1 atom stereocenters. The Morgan fingerprint density at radius 3 is 2.20 bits per heavy atom. The summed E-state index contributed by atoms with van der Waals surface area (Å²) in [5.41, 5.74) is 0. The molecular formula is C6H15NO2Ti. The van der Waals surface area contributed by atoms with Crippen LogP contribution >= 0.6 is 0 Å². The first-order valence-corrected chi connectivity index (χ1v) is 3.14. The SMILES string of the molecule is CC(CO)N(C)CCO.[Ti]. The molecule has 0 bridgehead atoms. The van der Waals surface area contributed by atoms with Gasteiger partial charge in [0.25, 0.3) is 0 Å². The van der Waals surface area contributed by atoms with Gasteiger partial charge in [-0.15, -0.1) is 0 Å². The van der Waals surface area contributed by atoms with Crippen LogP contribution in [-0.2, 0) is 21.7 Å². The topological polar surface area (TPSA) is 43.7 Å². The average molecular weight is 181 g/mol. The molecule has 0 aliphatic rings. The van der Waals surface area contributed by atoms with Crippen molar-refractivity contribution in [3.05, 3.63) is 0 Å². The molecule has 4 heteroatoms. The number of aliphatic hydroxyl groups excluding tert-OH is 2. The minimum atomic E-state index is 0. The predicted molar refractivity (Wildman–Crippen MR) is 36.3 cm³/mol. The van der Waals surface area contributed by atoms with Crippen LogP contribution in [0.25, 0.3) is 0 Å². The van der Waals surface area contributed by atoms with Gasteiger partial charge in [-0.1, -0.05) is 0 Å². The van der Waals surface area contributed by atoms with Gasteiger partial charge in [-0.2, -0.15) is 0 Å². The molecule has 0 aromatic heterocycles. The summed E-state index contributed by atoms with van der Waals surface area (Å²) in [6.07, 6.45) is 0. The van der Waals surface area contributed by atoms with Gasteiger partial charge < -0.3 is 10.2 Å². The first kappa shape index (κ1) is 13.2. The Bertz CT molecular complexity index is 72.8. The van der Waals surface area contributed by atoms with Crippen LogP contribution in [0.2, 0.25) is 0 Å². The fraction of sp³-hybridized carbons (Fsp3) is 1.00. The Balaban J connectivity index is 0. The summed E-state index contributed by atoms with van der Waals surface area (Å²) in [6.45, 7) is 2.84. The molecule has 0 rings (SSSR count). The second kappa shape index (κ2) is 7.70. The zero-order chi connectivity index (χ0) is 7.28. The van der Waals surface area contributed by atoms with Crippen molar-refractivity contribution in [2.24, 2.45) is 0 Å². The first-order chi connectivity index (χ1) is 4.22. The molecule has 10 heavy (non-hydrogen) atoms. The molecule has 0 saturated carbocycles. The van der Waals surface area contributed by atoms with E-state index in [9.17, 15) is 0 Å². The standard InChI is InChI=1S/C6H15NO2.Ti/c1-6(5-9)7(2)3-4-8;/h6,8-9H,3-5H2,1-2H3;. The number of nitrogens with zero attached hydrogens (tertiary/aromatic N) is 1. The van der Waals surface area contributed by atoms with E-state index < -0.39 is 0 Å². The Hall–Kier alpha value is 0.594. The van der Waals surface area contributed by atoms with Gasteiger partial charge in [0.2, 0.25) is 0 Å². The molecule has 0 spiro atoms. The van der Waals surface area contributed by atoms with Gasteiger partial charge in [0.15, 0.2) is 0 Å². The van der Waals surface area contributed by atoms with Gasteiger partial charge in [-0.25, -0.2) is 0 Å². The van der Waals surface area contributed by atoms with Gasteiger partial charge in [-0.05, 0) is 14.0 Å². The van der Waals surface area contributed by atoms with Crippen LogP contribution < -0.4 is 0 Å². The number of likely N-dealkylation sites (N-methyl/N-ethyl adjacent to an activating group) is 1. The smallest absolute Gasteiger partial charge is 0.0584 e. The quantitative estimate of drug-likeness (QED) is 0.563. The Morgan fingerprint density at radius 1 is 1.40 bits per heavy atom. The fourth-order valence-electron chi connectivity index (χ4n) is 0.518. The maximum absolute atomic E-state index is 8.61. The Morgan fingerprint density at radius 2 is 1.90 bits per heavy atom. The third-order valence-electron chi connectivity index (χ3n) is 1.47. The van der Waals surface area contributed by atoms with E-state index in [1.165, 1.54) is 0 Å². The summed E-state index contributed by atoms with van der Waals surface area (Å²) in [6, 6.07) is 0.150. The van der Waals surface area contributed by atoms with Crippen molar-refractivity contribution >= 4 is 0 Å². The molecule has 0 aliphatic carbocycles. The second-order valence-corrected chi connectivity index (χ2v) is 2.24. The summed E-state index contributed by atoms with van der Waals surface area (Å²) in [5.74, 6) is 0. The van der Waals surface area contributed by atoms with Crippen molar-refractivity contribution in [3.8, 4) is 0 Å². The normalized spacial score (nSPS) is 12.9. The van der Waals surface area contributed by atoms with Crippen LogP contribution in [0.1, 0.15) is 6.92 Å². The maximum Gasteiger partial charge on any atom is 0.0584 e. The van der Waals surface area contributed by atoms with Crippen molar-refractivity contribution in [2.45, 2.75) is 13.0 Å². The van der Waals surface area contributed by atoms with Gasteiger partial charge in [0.1, 0.15) is 0 Å². The number of rotatable bonds is 4. The second-order valence-electron chi connectivity index (χ2n) is 2.24. The van der Waals surface area contributed by atoms with Crippen LogP contribution in [0, 0.1) is 0 Å². The maximum atomic E-state index is 8.61. The summed E-state index contributed by atoms with van der Waals surface area (Å²) in [7, 11) is 1.87. The van der Waals surface area contributed by atoms with E-state index in [4.69, 9.17) is 10.2 Å². The van der Waals surface area contributed by atoms with Crippen LogP contribution in [0.5, 0.6) is 0 Å². The Labute approximate surface area is 76.9 Å². The molecule has 60 valence electrons. The summed E-state index contributed by atoms with van der Waals surface area (Å²) >= 11 is 0.